The molecule has 0 aliphatic heterocycles. The van der Waals surface area contributed by atoms with Gasteiger partial charge in [0.1, 0.15) is 0 Å². The van der Waals surface area contributed by atoms with Crippen LogP contribution in [-0.4, -0.2) is 16.5 Å². The van der Waals surface area contributed by atoms with Gasteiger partial charge in [0.05, 0.1) is 6.20 Å². The zero-order valence-corrected chi connectivity index (χ0v) is 7.68. The van der Waals surface area contributed by atoms with Crippen molar-refractivity contribution in [2.45, 2.75) is 6.42 Å². The zero-order chi connectivity index (χ0) is 9.80. The van der Waals surface area contributed by atoms with E-state index in [1.54, 1.807) is 18.6 Å². The van der Waals surface area contributed by atoms with E-state index in [0.717, 1.165) is 11.3 Å². The summed E-state index contributed by atoms with van der Waals surface area (Å²) in [5.74, 6) is 1.44. The lowest BCUT2D eigenvalue weighted by Gasteiger charge is -1.93. The Morgan fingerprint density at radius 3 is 2.79 bits per heavy atom. The van der Waals surface area contributed by atoms with Gasteiger partial charge in [-0.3, -0.25) is 4.98 Å². The quantitative estimate of drug-likeness (QED) is 0.788. The predicted molar refractivity (Wildman–Crippen MR) is 52.5 cm³/mol. The molecule has 0 aliphatic carbocycles. The summed E-state index contributed by atoms with van der Waals surface area (Å²) in [7, 11) is 0. The molecule has 0 aromatic carbocycles. The van der Waals surface area contributed by atoms with Gasteiger partial charge in [0.15, 0.2) is 11.7 Å². The average molecular weight is 189 g/mol. The van der Waals surface area contributed by atoms with Crippen molar-refractivity contribution in [3.63, 3.8) is 0 Å². The Morgan fingerprint density at radius 1 is 1.29 bits per heavy atom. The highest BCUT2D eigenvalue weighted by atomic mass is 16.4. The van der Waals surface area contributed by atoms with Crippen molar-refractivity contribution in [1.82, 2.24) is 9.97 Å². The first-order chi connectivity index (χ1) is 6.90. The molecule has 2 N–H and O–H groups in total. The third-order valence-corrected chi connectivity index (χ3v) is 1.88. The molecular weight excluding hydrogens is 178 g/mol. The van der Waals surface area contributed by atoms with Crippen LogP contribution < -0.4 is 5.73 Å². The molecule has 0 saturated heterocycles. The normalized spacial score (nSPS) is 10.4. The number of pyridine rings is 1. The average Bonchev–Trinajstić information content (AvgIpc) is 2.68. The fraction of sp³-hybridized carbons (Fsp3) is 0.200. The SMILES string of the molecule is NCCc1ncc(-c2ccncc2)o1. The fourth-order valence-corrected chi connectivity index (χ4v) is 1.20. The lowest BCUT2D eigenvalue weighted by molar-refractivity contribution is 0.508. The first-order valence-corrected chi connectivity index (χ1v) is 4.45. The molecule has 0 bridgehead atoms. The smallest absolute Gasteiger partial charge is 0.196 e. The second kappa shape index (κ2) is 4.02. The Kier molecular flexibility index (Phi) is 2.55. The molecule has 0 atom stereocenters. The molecule has 2 heterocycles. The van der Waals surface area contributed by atoms with Crippen molar-refractivity contribution in [1.29, 1.82) is 0 Å². The van der Waals surface area contributed by atoms with Gasteiger partial charge in [0.2, 0.25) is 0 Å². The molecule has 2 aromatic heterocycles. The maximum atomic E-state index is 5.49. The third-order valence-electron chi connectivity index (χ3n) is 1.88. The molecule has 0 aliphatic rings. The van der Waals surface area contributed by atoms with Gasteiger partial charge in [-0.2, -0.15) is 0 Å². The molecule has 0 amide bonds. The number of rotatable bonds is 3. The van der Waals surface area contributed by atoms with Crippen molar-refractivity contribution in [3.05, 3.63) is 36.6 Å². The van der Waals surface area contributed by atoms with Gasteiger partial charge < -0.3 is 10.2 Å². The summed E-state index contributed by atoms with van der Waals surface area (Å²) in [5, 5.41) is 0. The maximum absolute atomic E-state index is 5.49. The van der Waals surface area contributed by atoms with E-state index in [2.05, 4.69) is 9.97 Å². The standard InChI is InChI=1S/C10H11N3O/c11-4-1-10-13-7-9(14-10)8-2-5-12-6-3-8/h2-3,5-7H,1,4,11H2. The molecule has 2 rings (SSSR count). The Morgan fingerprint density at radius 2 is 2.07 bits per heavy atom. The lowest BCUT2D eigenvalue weighted by atomic mass is 10.2. The van der Waals surface area contributed by atoms with Crippen LogP contribution >= 0.6 is 0 Å². The number of nitrogens with two attached hydrogens (primary N) is 1. The monoisotopic (exact) mass is 189 g/mol. The van der Waals surface area contributed by atoms with Crippen molar-refractivity contribution < 1.29 is 4.42 Å². The van der Waals surface area contributed by atoms with E-state index in [1.165, 1.54) is 0 Å². The number of oxazole rings is 1. The van der Waals surface area contributed by atoms with Crippen molar-refractivity contribution in [2.75, 3.05) is 6.54 Å². The Bertz CT molecular complexity index is 397. The zero-order valence-electron chi connectivity index (χ0n) is 7.68. The van der Waals surface area contributed by atoms with E-state index in [-0.39, 0.29) is 0 Å². The minimum absolute atomic E-state index is 0.552. The summed E-state index contributed by atoms with van der Waals surface area (Å²) in [4.78, 5) is 8.05. The van der Waals surface area contributed by atoms with Crippen LogP contribution in [0.4, 0.5) is 0 Å². The third kappa shape index (κ3) is 1.80. The van der Waals surface area contributed by atoms with E-state index in [9.17, 15) is 0 Å². The minimum Gasteiger partial charge on any atom is -0.441 e. The van der Waals surface area contributed by atoms with Gasteiger partial charge in [-0.25, -0.2) is 4.98 Å². The maximum Gasteiger partial charge on any atom is 0.196 e. The van der Waals surface area contributed by atoms with Crippen LogP contribution in [0, 0.1) is 0 Å². The predicted octanol–water partition coefficient (Wildman–Crippen LogP) is 1.24. The highest BCUT2D eigenvalue weighted by molar-refractivity contribution is 5.54. The van der Waals surface area contributed by atoms with E-state index in [0.29, 0.717) is 18.9 Å². The molecule has 0 saturated carbocycles. The molecule has 4 nitrogen and oxygen atoms in total. The first-order valence-electron chi connectivity index (χ1n) is 4.45. The van der Waals surface area contributed by atoms with Crippen molar-refractivity contribution in [3.8, 4) is 11.3 Å². The minimum atomic E-state index is 0.552. The van der Waals surface area contributed by atoms with E-state index in [4.69, 9.17) is 10.2 Å². The Labute approximate surface area is 81.8 Å². The Balaban J connectivity index is 2.25. The van der Waals surface area contributed by atoms with Crippen molar-refractivity contribution >= 4 is 0 Å². The molecule has 72 valence electrons. The van der Waals surface area contributed by atoms with Crippen molar-refractivity contribution in [2.24, 2.45) is 5.73 Å². The summed E-state index contributed by atoms with van der Waals surface area (Å²) in [5.41, 5.74) is 6.38. The van der Waals surface area contributed by atoms with Crippen LogP contribution in [0.15, 0.2) is 35.1 Å². The van der Waals surface area contributed by atoms with E-state index >= 15 is 0 Å². The van der Waals surface area contributed by atoms with Crippen LogP contribution in [0.5, 0.6) is 0 Å². The van der Waals surface area contributed by atoms with Crippen LogP contribution in [-0.2, 0) is 6.42 Å². The van der Waals surface area contributed by atoms with Gasteiger partial charge >= 0.3 is 0 Å². The molecule has 2 aromatic rings. The number of hydrogen-bond acceptors (Lipinski definition) is 4. The second-order valence-corrected chi connectivity index (χ2v) is 2.89. The molecule has 4 heteroatoms. The lowest BCUT2D eigenvalue weighted by Crippen LogP contribution is -2.02. The summed E-state index contributed by atoms with van der Waals surface area (Å²) in [6.45, 7) is 0.552. The molecular formula is C10H11N3O. The molecule has 0 radical (unpaired) electrons. The number of aromatic nitrogens is 2. The summed E-state index contributed by atoms with van der Waals surface area (Å²) >= 11 is 0. The van der Waals surface area contributed by atoms with Gasteiger partial charge in [-0.15, -0.1) is 0 Å². The largest absolute Gasteiger partial charge is 0.441 e. The fourth-order valence-electron chi connectivity index (χ4n) is 1.20. The van der Waals surface area contributed by atoms with E-state index < -0.39 is 0 Å². The summed E-state index contributed by atoms with van der Waals surface area (Å²) < 4.78 is 5.49. The topological polar surface area (TPSA) is 64.9 Å². The first kappa shape index (κ1) is 8.90. The summed E-state index contributed by atoms with van der Waals surface area (Å²) in [6.07, 6.45) is 5.83. The van der Waals surface area contributed by atoms with Crippen LogP contribution in [0.3, 0.4) is 0 Å². The van der Waals surface area contributed by atoms with Gasteiger partial charge in [-0.05, 0) is 12.1 Å². The second-order valence-electron chi connectivity index (χ2n) is 2.89. The van der Waals surface area contributed by atoms with Crippen LogP contribution in [0.2, 0.25) is 0 Å². The highest BCUT2D eigenvalue weighted by Gasteiger charge is 2.04. The molecule has 14 heavy (non-hydrogen) atoms. The molecule has 0 spiro atoms. The number of hydrogen-bond donors (Lipinski definition) is 1. The van der Waals surface area contributed by atoms with Crippen LogP contribution in [0.25, 0.3) is 11.3 Å². The molecule has 0 unspecified atom stereocenters. The van der Waals surface area contributed by atoms with Gasteiger partial charge in [0, 0.05) is 30.9 Å². The van der Waals surface area contributed by atoms with Gasteiger partial charge in [0.25, 0.3) is 0 Å². The van der Waals surface area contributed by atoms with Crippen LogP contribution in [0.1, 0.15) is 5.89 Å². The van der Waals surface area contributed by atoms with E-state index in [1.807, 2.05) is 12.1 Å². The summed E-state index contributed by atoms with van der Waals surface area (Å²) in [6, 6.07) is 3.76. The Hall–Kier alpha value is -1.68. The number of nitrogens with zero attached hydrogens (tertiary/aromatic N) is 2. The molecule has 0 fully saturated rings. The highest BCUT2D eigenvalue weighted by Crippen LogP contribution is 2.18. The van der Waals surface area contributed by atoms with Gasteiger partial charge in [-0.1, -0.05) is 0 Å².